The molecule has 0 unspecified atom stereocenters. The zero-order valence-corrected chi connectivity index (χ0v) is 8.94. The Morgan fingerprint density at radius 3 is 2.53 bits per heavy atom. The van der Waals surface area contributed by atoms with Crippen LogP contribution in [0, 0.1) is 0 Å². The fraction of sp³-hybridized carbons (Fsp3) is 0.308. The van der Waals surface area contributed by atoms with Crippen LogP contribution >= 0.6 is 0 Å². The van der Waals surface area contributed by atoms with Crippen molar-refractivity contribution < 1.29 is 4.79 Å². The molecule has 1 aliphatic heterocycles. The van der Waals surface area contributed by atoms with Gasteiger partial charge in [-0.1, -0.05) is 36.4 Å². The number of amides is 1. The summed E-state index contributed by atoms with van der Waals surface area (Å²) in [6.07, 6.45) is 3.11. The van der Waals surface area contributed by atoms with Gasteiger partial charge in [-0.2, -0.15) is 0 Å². The average Bonchev–Trinajstić information content (AvgIpc) is 2.30. The van der Waals surface area contributed by atoms with Crippen molar-refractivity contribution in [3.8, 4) is 0 Å². The molecule has 0 saturated carbocycles. The largest absolute Gasteiger partial charge is 0.339 e. The summed E-state index contributed by atoms with van der Waals surface area (Å²) in [6.45, 7) is 3.22. The number of hydrogen-bond donors (Lipinski definition) is 0. The second-order valence-corrected chi connectivity index (χ2v) is 3.81. The average molecular weight is 201 g/mol. The van der Waals surface area contributed by atoms with Gasteiger partial charge in [0, 0.05) is 20.0 Å². The first-order valence-corrected chi connectivity index (χ1v) is 5.27. The molecule has 1 aliphatic rings. The summed E-state index contributed by atoms with van der Waals surface area (Å²) in [5, 5.41) is 0. The lowest BCUT2D eigenvalue weighted by Crippen LogP contribution is -2.32. The van der Waals surface area contributed by atoms with Crippen LogP contribution in [0.4, 0.5) is 0 Å². The second-order valence-electron chi connectivity index (χ2n) is 3.81. The third-order valence-electron chi connectivity index (χ3n) is 2.80. The van der Waals surface area contributed by atoms with Gasteiger partial charge in [0.15, 0.2) is 0 Å². The molecular weight excluding hydrogens is 186 g/mol. The smallest absolute Gasteiger partial charge is 0.219 e. The SMILES string of the molecule is CC(=O)N1CC=C(c2ccccc2)CC1. The molecule has 0 atom stereocenters. The fourth-order valence-corrected chi connectivity index (χ4v) is 1.87. The van der Waals surface area contributed by atoms with Crippen molar-refractivity contribution in [2.75, 3.05) is 13.1 Å². The molecule has 0 spiro atoms. The van der Waals surface area contributed by atoms with Gasteiger partial charge in [-0.05, 0) is 17.6 Å². The Bertz CT molecular complexity index is 381. The van der Waals surface area contributed by atoms with E-state index in [0.717, 1.165) is 19.5 Å². The molecule has 0 N–H and O–H groups in total. The van der Waals surface area contributed by atoms with E-state index in [9.17, 15) is 4.79 Å². The highest BCUT2D eigenvalue weighted by Gasteiger charge is 2.13. The molecule has 78 valence electrons. The lowest BCUT2D eigenvalue weighted by atomic mass is 10.00. The zero-order valence-electron chi connectivity index (χ0n) is 8.94. The van der Waals surface area contributed by atoms with Crippen molar-refractivity contribution in [2.24, 2.45) is 0 Å². The minimum atomic E-state index is 0.165. The molecule has 0 saturated heterocycles. The van der Waals surface area contributed by atoms with Crippen LogP contribution in [0.1, 0.15) is 18.9 Å². The molecule has 2 nitrogen and oxygen atoms in total. The van der Waals surface area contributed by atoms with E-state index >= 15 is 0 Å². The Balaban J connectivity index is 2.12. The highest BCUT2D eigenvalue weighted by Crippen LogP contribution is 2.21. The summed E-state index contributed by atoms with van der Waals surface area (Å²) in [7, 11) is 0. The quantitative estimate of drug-likeness (QED) is 0.683. The lowest BCUT2D eigenvalue weighted by Gasteiger charge is -2.25. The Morgan fingerprint density at radius 1 is 1.27 bits per heavy atom. The Kier molecular flexibility index (Phi) is 2.86. The fourth-order valence-electron chi connectivity index (χ4n) is 1.87. The maximum Gasteiger partial charge on any atom is 0.219 e. The highest BCUT2D eigenvalue weighted by atomic mass is 16.2. The first-order valence-electron chi connectivity index (χ1n) is 5.27. The van der Waals surface area contributed by atoms with Crippen molar-refractivity contribution in [3.05, 3.63) is 42.0 Å². The van der Waals surface area contributed by atoms with Gasteiger partial charge >= 0.3 is 0 Å². The van der Waals surface area contributed by atoms with Crippen LogP contribution in [0.15, 0.2) is 36.4 Å². The van der Waals surface area contributed by atoms with Gasteiger partial charge in [-0.3, -0.25) is 4.79 Å². The third kappa shape index (κ3) is 2.27. The predicted octanol–water partition coefficient (Wildman–Crippen LogP) is 2.32. The van der Waals surface area contributed by atoms with E-state index in [2.05, 4.69) is 18.2 Å². The molecule has 0 aromatic heterocycles. The molecule has 2 rings (SSSR count). The van der Waals surface area contributed by atoms with Crippen LogP contribution in [-0.4, -0.2) is 23.9 Å². The Hall–Kier alpha value is -1.57. The van der Waals surface area contributed by atoms with Gasteiger partial charge in [-0.15, -0.1) is 0 Å². The topological polar surface area (TPSA) is 20.3 Å². The summed E-state index contributed by atoms with van der Waals surface area (Å²) >= 11 is 0. The number of carbonyl (C=O) groups excluding carboxylic acids is 1. The van der Waals surface area contributed by atoms with Crippen LogP contribution in [0.3, 0.4) is 0 Å². The van der Waals surface area contributed by atoms with Gasteiger partial charge in [0.1, 0.15) is 0 Å². The minimum Gasteiger partial charge on any atom is -0.339 e. The van der Waals surface area contributed by atoms with Gasteiger partial charge in [0.05, 0.1) is 0 Å². The number of nitrogens with zero attached hydrogens (tertiary/aromatic N) is 1. The monoisotopic (exact) mass is 201 g/mol. The summed E-state index contributed by atoms with van der Waals surface area (Å²) in [6, 6.07) is 10.4. The molecule has 0 radical (unpaired) electrons. The zero-order chi connectivity index (χ0) is 10.7. The molecule has 15 heavy (non-hydrogen) atoms. The molecule has 1 amide bonds. The van der Waals surface area contributed by atoms with E-state index in [-0.39, 0.29) is 5.91 Å². The standard InChI is InChI=1S/C13H15NO/c1-11(15)14-9-7-13(8-10-14)12-5-3-2-4-6-12/h2-7H,8-10H2,1H3. The van der Waals surface area contributed by atoms with Gasteiger partial charge in [0.25, 0.3) is 0 Å². The summed E-state index contributed by atoms with van der Waals surface area (Å²) < 4.78 is 0. The number of rotatable bonds is 1. The van der Waals surface area contributed by atoms with Crippen molar-refractivity contribution in [3.63, 3.8) is 0 Å². The highest BCUT2D eigenvalue weighted by molar-refractivity contribution is 5.75. The molecule has 1 heterocycles. The number of hydrogen-bond acceptors (Lipinski definition) is 1. The van der Waals surface area contributed by atoms with Crippen LogP contribution < -0.4 is 0 Å². The van der Waals surface area contributed by atoms with Crippen LogP contribution in [-0.2, 0) is 4.79 Å². The van der Waals surface area contributed by atoms with E-state index in [1.165, 1.54) is 11.1 Å². The number of benzene rings is 1. The van der Waals surface area contributed by atoms with E-state index in [0.29, 0.717) is 0 Å². The minimum absolute atomic E-state index is 0.165. The van der Waals surface area contributed by atoms with E-state index in [4.69, 9.17) is 0 Å². The first kappa shape index (κ1) is 9.97. The van der Waals surface area contributed by atoms with Gasteiger partial charge < -0.3 is 4.90 Å². The molecule has 0 bridgehead atoms. The molecular formula is C13H15NO. The Labute approximate surface area is 90.2 Å². The van der Waals surface area contributed by atoms with Crippen molar-refractivity contribution >= 4 is 11.5 Å². The van der Waals surface area contributed by atoms with Crippen LogP contribution in [0.5, 0.6) is 0 Å². The Morgan fingerprint density at radius 2 is 2.00 bits per heavy atom. The molecule has 2 heteroatoms. The summed E-state index contributed by atoms with van der Waals surface area (Å²) in [5.41, 5.74) is 2.63. The third-order valence-corrected chi connectivity index (χ3v) is 2.80. The maximum absolute atomic E-state index is 11.1. The predicted molar refractivity (Wildman–Crippen MR) is 61.3 cm³/mol. The summed E-state index contributed by atoms with van der Waals surface area (Å²) in [5.74, 6) is 0.165. The molecule has 1 aromatic carbocycles. The van der Waals surface area contributed by atoms with Crippen LogP contribution in [0.25, 0.3) is 5.57 Å². The normalized spacial score (nSPS) is 16.1. The van der Waals surface area contributed by atoms with Crippen molar-refractivity contribution in [1.82, 2.24) is 4.90 Å². The molecule has 1 aromatic rings. The first-order chi connectivity index (χ1) is 7.27. The summed E-state index contributed by atoms with van der Waals surface area (Å²) in [4.78, 5) is 13.0. The van der Waals surface area contributed by atoms with E-state index < -0.39 is 0 Å². The van der Waals surface area contributed by atoms with Crippen molar-refractivity contribution in [2.45, 2.75) is 13.3 Å². The van der Waals surface area contributed by atoms with Gasteiger partial charge in [0.2, 0.25) is 5.91 Å². The van der Waals surface area contributed by atoms with Crippen LogP contribution in [0.2, 0.25) is 0 Å². The molecule has 0 aliphatic carbocycles. The lowest BCUT2D eigenvalue weighted by molar-refractivity contribution is -0.128. The van der Waals surface area contributed by atoms with E-state index in [1.54, 1.807) is 6.92 Å². The van der Waals surface area contributed by atoms with E-state index in [1.807, 2.05) is 23.1 Å². The number of carbonyl (C=O) groups is 1. The maximum atomic E-state index is 11.1. The van der Waals surface area contributed by atoms with Gasteiger partial charge in [-0.25, -0.2) is 0 Å². The molecule has 0 fully saturated rings. The second kappa shape index (κ2) is 4.30. The van der Waals surface area contributed by atoms with Crippen molar-refractivity contribution in [1.29, 1.82) is 0 Å².